The number of imidazole rings is 1. The Morgan fingerprint density at radius 1 is 1.38 bits per heavy atom. The number of aromatic carboxylic acids is 1. The summed E-state index contributed by atoms with van der Waals surface area (Å²) >= 11 is 0. The number of para-hydroxylation sites is 1. The first-order chi connectivity index (χ1) is 7.39. The van der Waals surface area contributed by atoms with Gasteiger partial charge in [-0.05, 0) is 17.0 Å². The molecule has 0 aliphatic carbocycles. The molecule has 4 heteroatoms. The molecule has 0 fully saturated rings. The number of hydrogen-bond acceptors (Lipinski definition) is 2. The van der Waals surface area contributed by atoms with Gasteiger partial charge in [0.05, 0.1) is 11.0 Å². The van der Waals surface area contributed by atoms with E-state index in [0.717, 1.165) is 16.6 Å². The first-order valence-electron chi connectivity index (χ1n) is 5.12. The van der Waals surface area contributed by atoms with Crippen LogP contribution in [0.1, 0.15) is 37.0 Å². The van der Waals surface area contributed by atoms with Crippen molar-refractivity contribution in [2.24, 2.45) is 0 Å². The summed E-state index contributed by atoms with van der Waals surface area (Å²) in [4.78, 5) is 17.8. The number of nitrogens with one attached hydrogen (secondary N) is 1. The molecule has 0 aliphatic heterocycles. The van der Waals surface area contributed by atoms with Crippen LogP contribution in [-0.4, -0.2) is 21.0 Å². The van der Waals surface area contributed by atoms with Crippen molar-refractivity contribution < 1.29 is 9.90 Å². The summed E-state index contributed by atoms with van der Waals surface area (Å²) in [7, 11) is 0. The van der Waals surface area contributed by atoms with Crippen LogP contribution < -0.4 is 0 Å². The number of H-pyrrole nitrogens is 1. The molecule has 0 atom stereocenters. The van der Waals surface area contributed by atoms with Gasteiger partial charge in [0.1, 0.15) is 0 Å². The van der Waals surface area contributed by atoms with E-state index in [1.807, 2.05) is 18.2 Å². The van der Waals surface area contributed by atoms with Gasteiger partial charge in [0.25, 0.3) is 0 Å². The molecule has 0 unspecified atom stereocenters. The fraction of sp³-hybridized carbons (Fsp3) is 0.333. The number of carboxylic acid groups (broad SMARTS) is 1. The number of aromatic nitrogens is 2. The Bertz CT molecular complexity index is 550. The lowest BCUT2D eigenvalue weighted by atomic mass is 9.86. The van der Waals surface area contributed by atoms with Crippen LogP contribution in [0.25, 0.3) is 11.0 Å². The van der Waals surface area contributed by atoms with Gasteiger partial charge in [-0.2, -0.15) is 0 Å². The first-order valence-corrected chi connectivity index (χ1v) is 5.12. The van der Waals surface area contributed by atoms with Gasteiger partial charge in [0, 0.05) is 0 Å². The van der Waals surface area contributed by atoms with Gasteiger partial charge >= 0.3 is 5.97 Å². The zero-order valence-corrected chi connectivity index (χ0v) is 9.53. The Hall–Kier alpha value is -1.84. The van der Waals surface area contributed by atoms with Crippen LogP contribution in [0.2, 0.25) is 0 Å². The number of rotatable bonds is 1. The molecule has 2 aromatic rings. The number of aromatic amines is 1. The third kappa shape index (κ3) is 1.66. The van der Waals surface area contributed by atoms with Crippen molar-refractivity contribution in [2.45, 2.75) is 26.2 Å². The number of nitrogens with zero attached hydrogens (tertiary/aromatic N) is 1. The van der Waals surface area contributed by atoms with Crippen molar-refractivity contribution in [3.63, 3.8) is 0 Å². The molecule has 4 nitrogen and oxygen atoms in total. The second-order valence-electron chi connectivity index (χ2n) is 4.84. The van der Waals surface area contributed by atoms with E-state index in [1.165, 1.54) is 0 Å². The summed E-state index contributed by atoms with van der Waals surface area (Å²) in [5.74, 6) is -1.04. The van der Waals surface area contributed by atoms with Crippen LogP contribution >= 0.6 is 0 Å². The molecule has 84 valence electrons. The number of carboxylic acids is 1. The van der Waals surface area contributed by atoms with Crippen LogP contribution in [0.4, 0.5) is 0 Å². The van der Waals surface area contributed by atoms with Gasteiger partial charge in [0.15, 0.2) is 0 Å². The van der Waals surface area contributed by atoms with Gasteiger partial charge in [-0.1, -0.05) is 32.9 Å². The summed E-state index contributed by atoms with van der Waals surface area (Å²) in [6.07, 6.45) is 0. The highest BCUT2D eigenvalue weighted by Crippen LogP contribution is 2.28. The van der Waals surface area contributed by atoms with Crippen molar-refractivity contribution in [2.75, 3.05) is 0 Å². The van der Waals surface area contributed by atoms with Gasteiger partial charge in [-0.15, -0.1) is 0 Å². The van der Waals surface area contributed by atoms with Gasteiger partial charge < -0.3 is 10.1 Å². The van der Waals surface area contributed by atoms with Crippen molar-refractivity contribution in [1.82, 2.24) is 9.97 Å². The van der Waals surface area contributed by atoms with E-state index in [4.69, 9.17) is 5.11 Å². The smallest absolute Gasteiger partial charge is 0.371 e. The van der Waals surface area contributed by atoms with E-state index in [9.17, 15) is 4.79 Å². The lowest BCUT2D eigenvalue weighted by molar-refractivity contribution is 0.0685. The number of fused-ring (bicyclic) bond motifs is 1. The normalized spacial score (nSPS) is 11.9. The standard InChI is InChI=1S/C12H14N2O2/c1-12(2,3)7-5-4-6-8-9(7)14-10(13-8)11(15)16/h4-6H,1-3H3,(H,13,14)(H,15,16). The van der Waals surface area contributed by atoms with E-state index < -0.39 is 5.97 Å². The summed E-state index contributed by atoms with van der Waals surface area (Å²) in [5.41, 5.74) is 2.51. The maximum absolute atomic E-state index is 10.8. The second-order valence-corrected chi connectivity index (χ2v) is 4.84. The largest absolute Gasteiger partial charge is 0.475 e. The van der Waals surface area contributed by atoms with Crippen molar-refractivity contribution in [3.05, 3.63) is 29.6 Å². The molecule has 0 saturated carbocycles. The Labute approximate surface area is 93.3 Å². The average Bonchev–Trinajstić information content (AvgIpc) is 2.58. The van der Waals surface area contributed by atoms with Crippen LogP contribution in [0.5, 0.6) is 0 Å². The lowest BCUT2D eigenvalue weighted by Crippen LogP contribution is -2.11. The number of hydrogen-bond donors (Lipinski definition) is 2. The van der Waals surface area contributed by atoms with Crippen molar-refractivity contribution in [1.29, 1.82) is 0 Å². The Kier molecular flexibility index (Phi) is 2.22. The minimum atomic E-state index is -1.03. The molecule has 0 bridgehead atoms. The number of benzene rings is 1. The van der Waals surface area contributed by atoms with Gasteiger partial charge in [-0.25, -0.2) is 9.78 Å². The van der Waals surface area contributed by atoms with E-state index in [0.29, 0.717) is 0 Å². The molecule has 1 aromatic heterocycles. The molecular weight excluding hydrogens is 204 g/mol. The van der Waals surface area contributed by atoms with E-state index in [2.05, 4.69) is 30.7 Å². The predicted molar refractivity (Wildman–Crippen MR) is 61.8 cm³/mol. The third-order valence-corrected chi connectivity index (χ3v) is 2.52. The third-order valence-electron chi connectivity index (χ3n) is 2.52. The second kappa shape index (κ2) is 3.33. The highest BCUT2D eigenvalue weighted by atomic mass is 16.4. The fourth-order valence-corrected chi connectivity index (χ4v) is 1.74. The van der Waals surface area contributed by atoms with E-state index in [1.54, 1.807) is 0 Å². The predicted octanol–water partition coefficient (Wildman–Crippen LogP) is 2.56. The number of carbonyl (C=O) groups is 1. The maximum Gasteiger partial charge on any atom is 0.371 e. The summed E-state index contributed by atoms with van der Waals surface area (Å²) < 4.78 is 0. The molecule has 0 aliphatic rings. The Morgan fingerprint density at radius 3 is 2.62 bits per heavy atom. The zero-order chi connectivity index (χ0) is 11.9. The average molecular weight is 218 g/mol. The summed E-state index contributed by atoms with van der Waals surface area (Å²) in [5, 5.41) is 8.89. The quantitative estimate of drug-likeness (QED) is 0.773. The topological polar surface area (TPSA) is 66.0 Å². The molecule has 1 heterocycles. The molecule has 0 saturated heterocycles. The van der Waals surface area contributed by atoms with Crippen molar-refractivity contribution >= 4 is 17.0 Å². The minimum absolute atomic E-state index is 0.00769. The Morgan fingerprint density at radius 2 is 2.06 bits per heavy atom. The van der Waals surface area contributed by atoms with Crippen LogP contribution in [0.3, 0.4) is 0 Å². The van der Waals surface area contributed by atoms with Crippen molar-refractivity contribution in [3.8, 4) is 0 Å². The SMILES string of the molecule is CC(C)(C)c1cccc2[nH]c(C(=O)O)nc12. The molecule has 1 aromatic carbocycles. The van der Waals surface area contributed by atoms with Gasteiger partial charge in [0.2, 0.25) is 5.82 Å². The minimum Gasteiger partial charge on any atom is -0.475 e. The Balaban J connectivity index is 2.73. The molecular formula is C12H14N2O2. The van der Waals surface area contributed by atoms with Crippen LogP contribution in [0, 0.1) is 0 Å². The molecule has 0 spiro atoms. The monoisotopic (exact) mass is 218 g/mol. The molecule has 2 N–H and O–H groups in total. The van der Waals surface area contributed by atoms with Crippen LogP contribution in [0.15, 0.2) is 18.2 Å². The van der Waals surface area contributed by atoms with Gasteiger partial charge in [-0.3, -0.25) is 0 Å². The highest BCUT2D eigenvalue weighted by molar-refractivity contribution is 5.90. The highest BCUT2D eigenvalue weighted by Gasteiger charge is 2.20. The van der Waals surface area contributed by atoms with E-state index >= 15 is 0 Å². The van der Waals surface area contributed by atoms with Crippen LogP contribution in [-0.2, 0) is 5.41 Å². The zero-order valence-electron chi connectivity index (χ0n) is 9.53. The fourth-order valence-electron chi connectivity index (χ4n) is 1.74. The molecule has 0 radical (unpaired) electrons. The maximum atomic E-state index is 10.8. The molecule has 2 rings (SSSR count). The summed E-state index contributed by atoms with van der Waals surface area (Å²) in [6, 6.07) is 5.73. The first kappa shape index (κ1) is 10.7. The lowest BCUT2D eigenvalue weighted by Gasteiger charge is -2.18. The molecule has 16 heavy (non-hydrogen) atoms. The molecule has 0 amide bonds. The van der Waals surface area contributed by atoms with E-state index in [-0.39, 0.29) is 11.2 Å². The summed E-state index contributed by atoms with van der Waals surface area (Å²) in [6.45, 7) is 6.24.